The van der Waals surface area contributed by atoms with Crippen molar-refractivity contribution in [1.82, 2.24) is 14.5 Å². The zero-order valence-electron chi connectivity index (χ0n) is 18.1. The van der Waals surface area contributed by atoms with E-state index in [9.17, 15) is 4.79 Å². The molecule has 8 heteroatoms. The Morgan fingerprint density at radius 1 is 0.848 bits per heavy atom. The second-order valence-corrected chi connectivity index (χ2v) is 7.36. The van der Waals surface area contributed by atoms with Crippen molar-refractivity contribution in [2.45, 2.75) is 0 Å². The monoisotopic (exact) mass is 439 g/mol. The summed E-state index contributed by atoms with van der Waals surface area (Å²) in [4.78, 5) is 22.9. The molecule has 8 nitrogen and oxygen atoms in total. The van der Waals surface area contributed by atoms with Crippen LogP contribution in [0, 0.1) is 0 Å². The Bertz CT molecular complexity index is 1470. The Morgan fingerprint density at radius 3 is 2.03 bits per heavy atom. The molecule has 3 N–H and O–H groups in total. The minimum Gasteiger partial charge on any atom is -0.497 e. The molecule has 3 aromatic carbocycles. The lowest BCUT2D eigenvalue weighted by Gasteiger charge is -2.09. The van der Waals surface area contributed by atoms with Crippen LogP contribution in [-0.2, 0) is 0 Å². The molecule has 0 aliphatic carbocycles. The second-order valence-electron chi connectivity index (χ2n) is 7.36. The van der Waals surface area contributed by atoms with E-state index in [0.717, 1.165) is 5.69 Å². The van der Waals surface area contributed by atoms with Crippen molar-refractivity contribution in [2.24, 2.45) is 0 Å². The van der Waals surface area contributed by atoms with E-state index in [4.69, 9.17) is 25.2 Å². The molecule has 0 unspecified atom stereocenters. The third-order valence-corrected chi connectivity index (χ3v) is 5.40. The number of fused-ring (bicyclic) bond motifs is 2. The van der Waals surface area contributed by atoms with Gasteiger partial charge in [0.1, 0.15) is 28.4 Å². The maximum atomic E-state index is 13.4. The first-order chi connectivity index (χ1) is 16.1. The van der Waals surface area contributed by atoms with Gasteiger partial charge in [-0.15, -0.1) is 0 Å². The van der Waals surface area contributed by atoms with Crippen molar-refractivity contribution < 1.29 is 14.3 Å². The van der Waals surface area contributed by atoms with Crippen LogP contribution < -0.4 is 20.5 Å². The van der Waals surface area contributed by atoms with Crippen LogP contribution in [0.25, 0.3) is 27.9 Å². The van der Waals surface area contributed by atoms with E-state index < -0.39 is 0 Å². The largest absolute Gasteiger partial charge is 0.497 e. The third-order valence-electron chi connectivity index (χ3n) is 5.40. The average Bonchev–Trinajstić information content (AvgIpc) is 3.13. The van der Waals surface area contributed by atoms with Crippen LogP contribution in [0.4, 0.5) is 11.5 Å². The maximum absolute atomic E-state index is 13.4. The van der Waals surface area contributed by atoms with Crippen LogP contribution in [-0.4, -0.2) is 34.7 Å². The first-order valence-electron chi connectivity index (χ1n) is 10.3. The Kier molecular flexibility index (Phi) is 5.02. The number of carbonyl (C=O) groups is 1. The predicted octanol–water partition coefficient (Wildman–Crippen LogP) is 4.43. The number of benzene rings is 3. The van der Waals surface area contributed by atoms with Gasteiger partial charge in [0.05, 0.1) is 25.3 Å². The molecular weight excluding hydrogens is 418 g/mol. The lowest BCUT2D eigenvalue weighted by Crippen LogP contribution is -2.14. The summed E-state index contributed by atoms with van der Waals surface area (Å²) in [6.45, 7) is 0. The van der Waals surface area contributed by atoms with Gasteiger partial charge in [-0.25, -0.2) is 9.97 Å². The summed E-state index contributed by atoms with van der Waals surface area (Å²) in [7, 11) is 3.19. The summed E-state index contributed by atoms with van der Waals surface area (Å²) >= 11 is 0. The average molecular weight is 439 g/mol. The van der Waals surface area contributed by atoms with Crippen molar-refractivity contribution in [3.05, 3.63) is 78.4 Å². The number of aromatic nitrogens is 3. The highest BCUT2D eigenvalue weighted by atomic mass is 16.5. The van der Waals surface area contributed by atoms with E-state index in [1.165, 1.54) is 0 Å². The summed E-state index contributed by atoms with van der Waals surface area (Å²) in [5.41, 5.74) is 10.5. The number of nitrogen functional groups attached to an aromatic ring is 1. The van der Waals surface area contributed by atoms with Gasteiger partial charge in [0.25, 0.3) is 5.91 Å². The molecule has 1 amide bonds. The van der Waals surface area contributed by atoms with Crippen molar-refractivity contribution in [2.75, 3.05) is 25.3 Å². The van der Waals surface area contributed by atoms with Gasteiger partial charge in [0, 0.05) is 11.4 Å². The van der Waals surface area contributed by atoms with E-state index in [2.05, 4.69) is 5.32 Å². The first-order valence-corrected chi connectivity index (χ1v) is 10.3. The lowest BCUT2D eigenvalue weighted by atomic mass is 10.2. The van der Waals surface area contributed by atoms with Crippen LogP contribution in [0.15, 0.2) is 72.8 Å². The number of hydrogen-bond donors (Lipinski definition) is 2. The fourth-order valence-electron chi connectivity index (χ4n) is 3.75. The molecule has 0 aliphatic rings. The molecule has 2 heterocycles. The highest BCUT2D eigenvalue weighted by Gasteiger charge is 2.25. The topological polar surface area (TPSA) is 104 Å². The molecule has 0 saturated heterocycles. The van der Waals surface area contributed by atoms with Crippen molar-refractivity contribution in [3.63, 3.8) is 0 Å². The lowest BCUT2D eigenvalue weighted by molar-refractivity contribution is 0.102. The summed E-state index contributed by atoms with van der Waals surface area (Å²) < 4.78 is 12.2. The first kappa shape index (κ1) is 20.3. The van der Waals surface area contributed by atoms with Gasteiger partial charge in [-0.2, -0.15) is 0 Å². The number of carbonyl (C=O) groups excluding carboxylic acids is 1. The number of anilines is 2. The van der Waals surface area contributed by atoms with Gasteiger partial charge in [0.15, 0.2) is 5.65 Å². The Hall–Kier alpha value is -4.59. The van der Waals surface area contributed by atoms with Crippen LogP contribution >= 0.6 is 0 Å². The quantitative estimate of drug-likeness (QED) is 0.420. The molecule has 5 aromatic rings. The Morgan fingerprint density at radius 2 is 1.42 bits per heavy atom. The molecule has 0 atom stereocenters. The Labute approximate surface area is 189 Å². The van der Waals surface area contributed by atoms with Gasteiger partial charge in [-0.05, 0) is 60.7 Å². The summed E-state index contributed by atoms with van der Waals surface area (Å²) in [5.74, 6) is 1.28. The molecule has 5 rings (SSSR count). The molecule has 2 aromatic heterocycles. The number of amides is 1. The maximum Gasteiger partial charge on any atom is 0.261 e. The molecule has 33 heavy (non-hydrogen) atoms. The number of rotatable bonds is 5. The number of methoxy groups -OCH3 is 2. The molecule has 0 saturated carbocycles. The number of nitrogens with two attached hydrogens (primary N) is 1. The van der Waals surface area contributed by atoms with Crippen LogP contribution in [0.5, 0.6) is 11.5 Å². The van der Waals surface area contributed by atoms with E-state index in [1.807, 2.05) is 48.5 Å². The standard InChI is InChI=1S/C25H21N5O3/c1-32-17-11-7-15(8-12-17)27-25(31)21-22-24(29-20-6-4-3-5-19(20)28-22)30(23(21)26)16-9-13-18(33-2)14-10-16/h3-14H,26H2,1-2H3,(H,27,31). The van der Waals surface area contributed by atoms with Gasteiger partial charge in [0.2, 0.25) is 0 Å². The van der Waals surface area contributed by atoms with Crippen molar-refractivity contribution in [1.29, 1.82) is 0 Å². The minimum absolute atomic E-state index is 0.247. The van der Waals surface area contributed by atoms with Gasteiger partial charge in [-0.1, -0.05) is 12.1 Å². The van der Waals surface area contributed by atoms with E-state index in [0.29, 0.717) is 39.4 Å². The fraction of sp³-hybridized carbons (Fsp3) is 0.0800. The summed E-state index contributed by atoms with van der Waals surface area (Å²) in [5, 5.41) is 2.90. The van der Waals surface area contributed by atoms with Crippen molar-refractivity contribution in [3.8, 4) is 17.2 Å². The molecular formula is C25H21N5O3. The Balaban J connectivity index is 1.68. The molecule has 164 valence electrons. The molecule has 0 radical (unpaired) electrons. The van der Waals surface area contributed by atoms with Gasteiger partial charge < -0.3 is 20.5 Å². The number of hydrogen-bond acceptors (Lipinski definition) is 6. The molecule has 0 spiro atoms. The summed E-state index contributed by atoms with van der Waals surface area (Å²) in [6, 6.07) is 21.9. The second kappa shape index (κ2) is 8.16. The van der Waals surface area contributed by atoms with Crippen LogP contribution in [0.1, 0.15) is 10.4 Å². The smallest absolute Gasteiger partial charge is 0.261 e. The molecule has 0 bridgehead atoms. The summed E-state index contributed by atoms with van der Waals surface area (Å²) in [6.07, 6.45) is 0. The number of para-hydroxylation sites is 2. The van der Waals surface area contributed by atoms with E-state index in [1.54, 1.807) is 43.1 Å². The molecule has 0 fully saturated rings. The zero-order valence-corrected chi connectivity index (χ0v) is 18.1. The zero-order chi connectivity index (χ0) is 22.9. The SMILES string of the molecule is COc1ccc(NC(=O)c2c(N)n(-c3ccc(OC)cc3)c3nc4ccccc4nc23)cc1. The number of ether oxygens (including phenoxy) is 2. The predicted molar refractivity (Wildman–Crippen MR) is 128 cm³/mol. The minimum atomic E-state index is -0.375. The van der Waals surface area contributed by atoms with E-state index in [-0.39, 0.29) is 17.3 Å². The van der Waals surface area contributed by atoms with Crippen LogP contribution in [0.3, 0.4) is 0 Å². The normalized spacial score (nSPS) is 11.0. The van der Waals surface area contributed by atoms with Crippen molar-refractivity contribution >= 4 is 39.6 Å². The number of nitrogens with zero attached hydrogens (tertiary/aromatic N) is 3. The van der Waals surface area contributed by atoms with Crippen LogP contribution in [0.2, 0.25) is 0 Å². The highest BCUT2D eigenvalue weighted by molar-refractivity contribution is 6.16. The van der Waals surface area contributed by atoms with Gasteiger partial charge >= 0.3 is 0 Å². The molecule has 0 aliphatic heterocycles. The highest BCUT2D eigenvalue weighted by Crippen LogP contribution is 2.32. The fourth-order valence-corrected chi connectivity index (χ4v) is 3.75. The number of nitrogens with one attached hydrogen (secondary N) is 1. The van der Waals surface area contributed by atoms with Gasteiger partial charge in [-0.3, -0.25) is 9.36 Å². The third kappa shape index (κ3) is 3.57. The van der Waals surface area contributed by atoms with E-state index >= 15 is 0 Å².